The first-order chi connectivity index (χ1) is 12.0. The van der Waals surface area contributed by atoms with Crippen LogP contribution in [0.4, 0.5) is 5.13 Å². The summed E-state index contributed by atoms with van der Waals surface area (Å²) in [7, 11) is -2.28. The Hall–Kier alpha value is -2.01. The molecule has 134 valence electrons. The normalized spacial score (nSPS) is 15.7. The Morgan fingerprint density at radius 3 is 2.76 bits per heavy atom. The van der Waals surface area contributed by atoms with Crippen molar-refractivity contribution < 1.29 is 22.7 Å². The summed E-state index contributed by atoms with van der Waals surface area (Å²) in [5.74, 6) is -0.194. The molecular formula is C15H17N3O5S2. The number of carbonyl (C=O) groups excluding carboxylic acids is 1. The molecule has 1 fully saturated rings. The van der Waals surface area contributed by atoms with Gasteiger partial charge < -0.3 is 9.47 Å². The van der Waals surface area contributed by atoms with Gasteiger partial charge in [-0.3, -0.25) is 10.1 Å². The number of morpholine rings is 1. The molecule has 0 saturated carbocycles. The first kappa shape index (κ1) is 17.8. The van der Waals surface area contributed by atoms with Crippen LogP contribution in [0.2, 0.25) is 0 Å². The van der Waals surface area contributed by atoms with Gasteiger partial charge in [0.25, 0.3) is 5.91 Å². The number of nitrogens with one attached hydrogen (secondary N) is 1. The number of ether oxygens (including phenoxy) is 2. The fourth-order valence-electron chi connectivity index (χ4n) is 2.41. The molecule has 1 aromatic heterocycles. The fraction of sp³-hybridized carbons (Fsp3) is 0.333. The van der Waals surface area contributed by atoms with Crippen LogP contribution in [-0.2, 0) is 14.8 Å². The molecule has 1 aliphatic rings. The summed E-state index contributed by atoms with van der Waals surface area (Å²) in [6.45, 7) is 1.28. The number of sulfonamides is 1. The van der Waals surface area contributed by atoms with Gasteiger partial charge in [0.2, 0.25) is 10.0 Å². The molecule has 25 heavy (non-hydrogen) atoms. The molecule has 10 heteroatoms. The van der Waals surface area contributed by atoms with Crippen molar-refractivity contribution in [3.8, 4) is 5.75 Å². The fourth-order valence-corrected chi connectivity index (χ4v) is 4.37. The molecule has 3 rings (SSSR count). The van der Waals surface area contributed by atoms with Gasteiger partial charge in [-0.1, -0.05) is 0 Å². The standard InChI is InChI=1S/C15H17N3O5S2/c1-22-13-3-2-11(25(20,21)18-5-7-23-8-6-18)10-12(13)14(19)17-15-16-4-9-24-15/h2-4,9-10H,5-8H2,1H3,(H,16,17,19). The molecule has 0 radical (unpaired) electrons. The van der Waals surface area contributed by atoms with Gasteiger partial charge in [-0.15, -0.1) is 11.3 Å². The minimum absolute atomic E-state index is 0.0412. The molecule has 1 aliphatic heterocycles. The quantitative estimate of drug-likeness (QED) is 0.839. The number of rotatable bonds is 5. The zero-order valence-corrected chi connectivity index (χ0v) is 15.1. The summed E-state index contributed by atoms with van der Waals surface area (Å²) in [5, 5.41) is 4.78. The van der Waals surface area contributed by atoms with E-state index in [4.69, 9.17) is 9.47 Å². The Balaban J connectivity index is 1.92. The SMILES string of the molecule is COc1ccc(S(=O)(=O)N2CCOCC2)cc1C(=O)Nc1nccs1. The molecule has 8 nitrogen and oxygen atoms in total. The van der Waals surface area contributed by atoms with Crippen LogP contribution in [0.3, 0.4) is 0 Å². The van der Waals surface area contributed by atoms with Crippen molar-refractivity contribution in [1.29, 1.82) is 0 Å². The highest BCUT2D eigenvalue weighted by Crippen LogP contribution is 2.26. The number of hydrogen-bond acceptors (Lipinski definition) is 7. The van der Waals surface area contributed by atoms with E-state index in [-0.39, 0.29) is 29.3 Å². The van der Waals surface area contributed by atoms with E-state index in [1.807, 2.05) is 0 Å². The van der Waals surface area contributed by atoms with Gasteiger partial charge in [-0.05, 0) is 18.2 Å². The molecule has 0 bridgehead atoms. The van der Waals surface area contributed by atoms with Crippen LogP contribution < -0.4 is 10.1 Å². The summed E-state index contributed by atoms with van der Waals surface area (Å²) in [6, 6.07) is 4.24. The van der Waals surface area contributed by atoms with Crippen LogP contribution in [0, 0.1) is 0 Å². The molecule has 1 N–H and O–H groups in total. The first-order valence-electron chi connectivity index (χ1n) is 7.49. The van der Waals surface area contributed by atoms with E-state index in [2.05, 4.69) is 10.3 Å². The van der Waals surface area contributed by atoms with Gasteiger partial charge >= 0.3 is 0 Å². The Morgan fingerprint density at radius 1 is 1.36 bits per heavy atom. The van der Waals surface area contributed by atoms with Crippen LogP contribution in [0.5, 0.6) is 5.75 Å². The molecule has 2 aromatic rings. The molecule has 0 spiro atoms. The molecule has 0 aliphatic carbocycles. The lowest BCUT2D eigenvalue weighted by Crippen LogP contribution is -2.40. The second-order valence-electron chi connectivity index (χ2n) is 5.17. The van der Waals surface area contributed by atoms with E-state index < -0.39 is 15.9 Å². The van der Waals surface area contributed by atoms with Crippen molar-refractivity contribution in [1.82, 2.24) is 9.29 Å². The van der Waals surface area contributed by atoms with Crippen LogP contribution in [0.25, 0.3) is 0 Å². The molecule has 2 heterocycles. The van der Waals surface area contributed by atoms with Crippen molar-refractivity contribution in [2.75, 3.05) is 38.7 Å². The highest BCUT2D eigenvalue weighted by molar-refractivity contribution is 7.89. The van der Waals surface area contributed by atoms with Crippen molar-refractivity contribution in [2.45, 2.75) is 4.90 Å². The van der Waals surface area contributed by atoms with Crippen LogP contribution in [0.15, 0.2) is 34.7 Å². The predicted octanol–water partition coefficient (Wildman–Crippen LogP) is 1.42. The molecular weight excluding hydrogens is 366 g/mol. The lowest BCUT2D eigenvalue weighted by Gasteiger charge is -2.26. The Bertz CT molecular complexity index is 846. The topological polar surface area (TPSA) is 97.8 Å². The summed E-state index contributed by atoms with van der Waals surface area (Å²) in [4.78, 5) is 16.5. The van der Waals surface area contributed by atoms with Gasteiger partial charge in [-0.25, -0.2) is 13.4 Å². The highest BCUT2D eigenvalue weighted by atomic mass is 32.2. The van der Waals surface area contributed by atoms with Gasteiger partial charge in [0.05, 0.1) is 30.8 Å². The number of nitrogens with zero attached hydrogens (tertiary/aromatic N) is 2. The summed E-state index contributed by atoms with van der Waals surface area (Å²) >= 11 is 1.27. The number of amides is 1. The number of thiazole rings is 1. The van der Waals surface area contributed by atoms with Gasteiger partial charge in [0, 0.05) is 24.7 Å². The third kappa shape index (κ3) is 3.82. The zero-order chi connectivity index (χ0) is 17.9. The summed E-state index contributed by atoms with van der Waals surface area (Å²) in [5.41, 5.74) is 0.132. The van der Waals surface area contributed by atoms with E-state index in [9.17, 15) is 13.2 Å². The smallest absolute Gasteiger partial charge is 0.261 e. The van der Waals surface area contributed by atoms with E-state index in [1.54, 1.807) is 11.6 Å². The summed E-state index contributed by atoms with van der Waals surface area (Å²) < 4.78 is 37.3. The first-order valence-corrected chi connectivity index (χ1v) is 9.81. The van der Waals surface area contributed by atoms with E-state index in [1.165, 1.54) is 41.0 Å². The molecule has 1 saturated heterocycles. The van der Waals surface area contributed by atoms with Crippen LogP contribution in [-0.4, -0.2) is 57.0 Å². The van der Waals surface area contributed by atoms with Crippen molar-refractivity contribution in [3.05, 3.63) is 35.3 Å². The van der Waals surface area contributed by atoms with Crippen LogP contribution in [0.1, 0.15) is 10.4 Å². The second-order valence-corrected chi connectivity index (χ2v) is 8.00. The monoisotopic (exact) mass is 383 g/mol. The Kier molecular flexibility index (Phi) is 5.33. The Morgan fingerprint density at radius 2 is 2.12 bits per heavy atom. The van der Waals surface area contributed by atoms with E-state index in [0.29, 0.717) is 18.3 Å². The molecule has 1 aromatic carbocycles. The molecule has 1 amide bonds. The predicted molar refractivity (Wildman–Crippen MR) is 92.6 cm³/mol. The van der Waals surface area contributed by atoms with Crippen molar-refractivity contribution in [3.63, 3.8) is 0 Å². The number of aromatic nitrogens is 1. The number of benzene rings is 1. The largest absolute Gasteiger partial charge is 0.496 e. The van der Waals surface area contributed by atoms with Gasteiger partial charge in [0.15, 0.2) is 5.13 Å². The maximum Gasteiger partial charge on any atom is 0.261 e. The van der Waals surface area contributed by atoms with Crippen LogP contribution >= 0.6 is 11.3 Å². The van der Waals surface area contributed by atoms with E-state index in [0.717, 1.165) is 0 Å². The zero-order valence-electron chi connectivity index (χ0n) is 13.5. The Labute approximate surface area is 149 Å². The minimum atomic E-state index is -3.70. The van der Waals surface area contributed by atoms with Gasteiger partial charge in [-0.2, -0.15) is 4.31 Å². The summed E-state index contributed by atoms with van der Waals surface area (Å²) in [6.07, 6.45) is 1.57. The van der Waals surface area contributed by atoms with Crippen molar-refractivity contribution in [2.24, 2.45) is 0 Å². The molecule has 0 atom stereocenters. The average Bonchev–Trinajstić information content (AvgIpc) is 3.14. The van der Waals surface area contributed by atoms with E-state index >= 15 is 0 Å². The average molecular weight is 383 g/mol. The van der Waals surface area contributed by atoms with Gasteiger partial charge in [0.1, 0.15) is 5.75 Å². The lowest BCUT2D eigenvalue weighted by atomic mass is 10.2. The molecule has 0 unspecified atom stereocenters. The number of hydrogen-bond donors (Lipinski definition) is 1. The maximum absolute atomic E-state index is 12.8. The number of carbonyl (C=O) groups is 1. The maximum atomic E-state index is 12.8. The number of methoxy groups -OCH3 is 1. The van der Waals surface area contributed by atoms with Crippen molar-refractivity contribution >= 4 is 32.4 Å². The minimum Gasteiger partial charge on any atom is -0.496 e. The third-order valence-electron chi connectivity index (χ3n) is 3.68. The highest BCUT2D eigenvalue weighted by Gasteiger charge is 2.28. The third-order valence-corrected chi connectivity index (χ3v) is 6.26. The lowest BCUT2D eigenvalue weighted by molar-refractivity contribution is 0.0730. The number of anilines is 1. The second kappa shape index (κ2) is 7.48.